The van der Waals surface area contributed by atoms with Gasteiger partial charge in [0.25, 0.3) is 0 Å². The van der Waals surface area contributed by atoms with Crippen LogP contribution in [0.15, 0.2) is 24.3 Å². The molecule has 2 N–H and O–H groups in total. The molecule has 3 nitrogen and oxygen atoms in total. The highest BCUT2D eigenvalue weighted by Gasteiger charge is 2.02. The van der Waals surface area contributed by atoms with Gasteiger partial charge in [-0.3, -0.25) is 0 Å². The van der Waals surface area contributed by atoms with Crippen LogP contribution in [0, 0.1) is 0 Å². The summed E-state index contributed by atoms with van der Waals surface area (Å²) in [6.07, 6.45) is 0.869. The molecule has 90 valence electrons. The van der Waals surface area contributed by atoms with Crippen LogP contribution in [0.1, 0.15) is 12.0 Å². The van der Waals surface area contributed by atoms with E-state index < -0.39 is 0 Å². The predicted octanol–water partition coefficient (Wildman–Crippen LogP) is 2.13. The van der Waals surface area contributed by atoms with Crippen LogP contribution in [0.3, 0.4) is 0 Å². The third-order valence-corrected chi connectivity index (χ3v) is 2.57. The number of rotatable bonds is 7. The van der Waals surface area contributed by atoms with Crippen molar-refractivity contribution in [2.75, 3.05) is 20.3 Å². The van der Waals surface area contributed by atoms with Gasteiger partial charge in [-0.15, -0.1) is 11.6 Å². The summed E-state index contributed by atoms with van der Waals surface area (Å²) in [5.74, 6) is 0.300. The van der Waals surface area contributed by atoms with Crippen molar-refractivity contribution >= 4 is 11.6 Å². The Hall–Kier alpha value is -0.770. The zero-order chi connectivity index (χ0) is 11.8. The molecule has 0 saturated heterocycles. The first-order valence-corrected chi connectivity index (χ1v) is 5.77. The third kappa shape index (κ3) is 5.35. The number of phenols is 1. The van der Waals surface area contributed by atoms with Crippen molar-refractivity contribution < 1.29 is 9.84 Å². The van der Waals surface area contributed by atoms with Gasteiger partial charge in [-0.25, -0.2) is 0 Å². The van der Waals surface area contributed by atoms with Crippen LogP contribution in [0.5, 0.6) is 5.75 Å². The maximum Gasteiger partial charge on any atom is 0.115 e. The third-order valence-electron chi connectivity index (χ3n) is 2.22. The number of nitrogens with one attached hydrogen (secondary N) is 1. The van der Waals surface area contributed by atoms with E-state index in [1.54, 1.807) is 19.2 Å². The summed E-state index contributed by atoms with van der Waals surface area (Å²) in [7, 11) is 1.65. The van der Waals surface area contributed by atoms with Crippen molar-refractivity contribution in [3.05, 3.63) is 29.8 Å². The Morgan fingerprint density at radius 2 is 2.31 bits per heavy atom. The van der Waals surface area contributed by atoms with Gasteiger partial charge in [0.05, 0.1) is 12.0 Å². The molecule has 0 radical (unpaired) electrons. The zero-order valence-corrected chi connectivity index (χ0v) is 10.2. The van der Waals surface area contributed by atoms with Crippen LogP contribution in [0.4, 0.5) is 0 Å². The molecule has 0 aromatic heterocycles. The molecule has 0 aliphatic rings. The Balaban J connectivity index is 2.16. The van der Waals surface area contributed by atoms with Gasteiger partial charge in [0.15, 0.2) is 0 Å². The summed E-state index contributed by atoms with van der Waals surface area (Å²) in [6.45, 7) is 2.16. The molecule has 0 amide bonds. The molecule has 0 saturated carbocycles. The van der Waals surface area contributed by atoms with E-state index in [0.29, 0.717) is 12.4 Å². The van der Waals surface area contributed by atoms with E-state index in [1.807, 2.05) is 12.1 Å². The van der Waals surface area contributed by atoms with Crippen LogP contribution in [0.25, 0.3) is 0 Å². The minimum Gasteiger partial charge on any atom is -0.508 e. The van der Waals surface area contributed by atoms with E-state index in [9.17, 15) is 5.11 Å². The Morgan fingerprint density at radius 1 is 1.50 bits per heavy atom. The number of aromatic hydroxyl groups is 1. The molecule has 0 heterocycles. The van der Waals surface area contributed by atoms with Crippen LogP contribution < -0.4 is 5.32 Å². The smallest absolute Gasteiger partial charge is 0.115 e. The summed E-state index contributed by atoms with van der Waals surface area (Å²) < 4.78 is 4.94. The van der Waals surface area contributed by atoms with E-state index >= 15 is 0 Å². The molecule has 1 aromatic rings. The summed E-state index contributed by atoms with van der Waals surface area (Å²) in [5.41, 5.74) is 1.07. The van der Waals surface area contributed by atoms with E-state index in [0.717, 1.165) is 25.1 Å². The van der Waals surface area contributed by atoms with Gasteiger partial charge in [0.1, 0.15) is 5.75 Å². The minimum atomic E-state index is 0.0571. The number of alkyl halides is 1. The maximum atomic E-state index is 9.26. The lowest BCUT2D eigenvalue weighted by molar-refractivity contribution is 0.195. The average molecular weight is 244 g/mol. The summed E-state index contributed by atoms with van der Waals surface area (Å²) in [4.78, 5) is 0. The Labute approximate surface area is 101 Å². The first kappa shape index (κ1) is 13.3. The molecular formula is C12H18ClNO2. The topological polar surface area (TPSA) is 41.5 Å². The van der Waals surface area contributed by atoms with Gasteiger partial charge in [-0.1, -0.05) is 12.1 Å². The second kappa shape index (κ2) is 7.49. The lowest BCUT2D eigenvalue weighted by Gasteiger charge is -2.09. The second-order valence-electron chi connectivity index (χ2n) is 3.69. The van der Waals surface area contributed by atoms with Crippen LogP contribution in [-0.2, 0) is 11.3 Å². The quantitative estimate of drug-likeness (QED) is 0.570. The number of phenolic OH excluding ortho intramolecular Hbond substituents is 1. The zero-order valence-electron chi connectivity index (χ0n) is 9.45. The van der Waals surface area contributed by atoms with Gasteiger partial charge in [0, 0.05) is 13.7 Å². The molecule has 1 unspecified atom stereocenters. The van der Waals surface area contributed by atoms with Gasteiger partial charge in [0.2, 0.25) is 0 Å². The molecule has 0 spiro atoms. The number of ether oxygens (including phenoxy) is 1. The first-order valence-electron chi connectivity index (χ1n) is 5.34. The molecule has 16 heavy (non-hydrogen) atoms. The number of hydrogen-bond donors (Lipinski definition) is 2. The minimum absolute atomic E-state index is 0.0571. The fourth-order valence-electron chi connectivity index (χ4n) is 1.42. The Bertz CT molecular complexity index is 307. The van der Waals surface area contributed by atoms with E-state index in [1.165, 1.54) is 0 Å². The SMILES string of the molecule is COCC(Cl)CCNCc1cccc(O)c1. The van der Waals surface area contributed by atoms with E-state index in [-0.39, 0.29) is 5.38 Å². The van der Waals surface area contributed by atoms with Crippen LogP contribution in [-0.4, -0.2) is 30.7 Å². The normalized spacial score (nSPS) is 12.6. The van der Waals surface area contributed by atoms with Gasteiger partial charge in [-0.2, -0.15) is 0 Å². The fraction of sp³-hybridized carbons (Fsp3) is 0.500. The molecular weight excluding hydrogens is 226 g/mol. The summed E-state index contributed by atoms with van der Waals surface area (Å²) >= 11 is 5.98. The Kier molecular flexibility index (Phi) is 6.23. The molecule has 0 fully saturated rings. The highest BCUT2D eigenvalue weighted by molar-refractivity contribution is 6.20. The largest absolute Gasteiger partial charge is 0.508 e. The average Bonchev–Trinajstić information content (AvgIpc) is 2.25. The highest BCUT2D eigenvalue weighted by atomic mass is 35.5. The van der Waals surface area contributed by atoms with Crippen molar-refractivity contribution in [3.8, 4) is 5.75 Å². The standard InChI is InChI=1S/C12H18ClNO2/c1-16-9-11(13)5-6-14-8-10-3-2-4-12(15)7-10/h2-4,7,11,14-15H,5-6,8-9H2,1H3. The molecule has 1 atom stereocenters. The monoisotopic (exact) mass is 243 g/mol. The van der Waals surface area contributed by atoms with E-state index in [2.05, 4.69) is 5.32 Å². The number of halogens is 1. The molecule has 0 aliphatic carbocycles. The number of hydrogen-bond acceptors (Lipinski definition) is 3. The Morgan fingerprint density at radius 3 is 3.00 bits per heavy atom. The van der Waals surface area contributed by atoms with Crippen molar-refractivity contribution in [1.82, 2.24) is 5.32 Å². The predicted molar refractivity (Wildman–Crippen MR) is 65.9 cm³/mol. The summed E-state index contributed by atoms with van der Waals surface area (Å²) in [6, 6.07) is 7.22. The fourth-order valence-corrected chi connectivity index (χ4v) is 1.66. The maximum absolute atomic E-state index is 9.26. The first-order chi connectivity index (χ1) is 7.72. The molecule has 4 heteroatoms. The van der Waals surface area contributed by atoms with Crippen LogP contribution >= 0.6 is 11.6 Å². The molecule has 1 aromatic carbocycles. The van der Waals surface area contributed by atoms with E-state index in [4.69, 9.17) is 16.3 Å². The number of methoxy groups -OCH3 is 1. The van der Waals surface area contributed by atoms with Gasteiger partial charge in [-0.05, 0) is 30.7 Å². The van der Waals surface area contributed by atoms with Crippen molar-refractivity contribution in [1.29, 1.82) is 0 Å². The van der Waals surface area contributed by atoms with Crippen LogP contribution in [0.2, 0.25) is 0 Å². The molecule has 0 bridgehead atoms. The lowest BCUT2D eigenvalue weighted by Crippen LogP contribution is -2.20. The lowest BCUT2D eigenvalue weighted by atomic mass is 10.2. The van der Waals surface area contributed by atoms with Gasteiger partial charge >= 0.3 is 0 Å². The van der Waals surface area contributed by atoms with Gasteiger partial charge < -0.3 is 15.2 Å². The van der Waals surface area contributed by atoms with Crippen molar-refractivity contribution in [3.63, 3.8) is 0 Å². The second-order valence-corrected chi connectivity index (χ2v) is 4.31. The van der Waals surface area contributed by atoms with Crippen molar-refractivity contribution in [2.45, 2.75) is 18.3 Å². The number of benzene rings is 1. The molecule has 0 aliphatic heterocycles. The highest BCUT2D eigenvalue weighted by Crippen LogP contribution is 2.10. The molecule has 1 rings (SSSR count). The van der Waals surface area contributed by atoms with Crippen molar-refractivity contribution in [2.24, 2.45) is 0 Å². The summed E-state index contributed by atoms with van der Waals surface area (Å²) in [5, 5.41) is 12.6.